The van der Waals surface area contributed by atoms with Crippen LogP contribution in [0.2, 0.25) is 0 Å². The summed E-state index contributed by atoms with van der Waals surface area (Å²) < 4.78 is 40.3. The molecule has 0 saturated heterocycles. The molecule has 0 spiro atoms. The molecule has 1 aliphatic carbocycles. The lowest BCUT2D eigenvalue weighted by molar-refractivity contribution is -0.137. The van der Waals surface area contributed by atoms with Gasteiger partial charge in [-0.15, -0.1) is 0 Å². The Hall–Kier alpha value is -2.89. The fourth-order valence-corrected chi connectivity index (χ4v) is 4.25. The fourth-order valence-electron chi connectivity index (χ4n) is 3.82. The molecule has 8 heteroatoms. The van der Waals surface area contributed by atoms with Crippen LogP contribution in [0.1, 0.15) is 56.7 Å². The first-order valence-electron chi connectivity index (χ1n) is 11.2. The third-order valence-corrected chi connectivity index (χ3v) is 6.29. The number of benzene rings is 2. The highest BCUT2D eigenvalue weighted by Crippen LogP contribution is 2.41. The van der Waals surface area contributed by atoms with Crippen molar-refractivity contribution >= 4 is 34.8 Å². The van der Waals surface area contributed by atoms with Crippen LogP contribution in [-0.4, -0.2) is 29.4 Å². The van der Waals surface area contributed by atoms with Crippen LogP contribution in [0, 0.1) is 11.3 Å². The standard InChI is InChI=1S/C24H24F3N3OS.C2H6/c1-23(12-4-13-23)30(19-9-6-17(7-10-19)5-3-14-31)22(32)29(2)20-11-8-18(16-28)21(15-20)24(25,26)27;1-2/h3,5-11,15,31H,4,12-14H2,1-2H3;1-2H3/b5-3+;. The highest BCUT2D eigenvalue weighted by atomic mass is 32.1. The van der Waals surface area contributed by atoms with E-state index in [0.29, 0.717) is 5.11 Å². The monoisotopic (exact) mass is 489 g/mol. The van der Waals surface area contributed by atoms with Crippen molar-refractivity contribution in [1.82, 2.24) is 0 Å². The molecule has 34 heavy (non-hydrogen) atoms. The van der Waals surface area contributed by atoms with Gasteiger partial charge in [0, 0.05) is 24.0 Å². The topological polar surface area (TPSA) is 50.5 Å². The van der Waals surface area contributed by atoms with E-state index < -0.39 is 17.3 Å². The number of aliphatic hydroxyl groups excluding tert-OH is 1. The molecule has 1 fully saturated rings. The molecule has 1 aliphatic rings. The molecule has 0 bridgehead atoms. The molecule has 3 rings (SSSR count). The molecule has 2 aromatic rings. The molecule has 182 valence electrons. The van der Waals surface area contributed by atoms with Crippen LogP contribution >= 0.6 is 12.2 Å². The predicted molar refractivity (Wildman–Crippen MR) is 136 cm³/mol. The fraction of sp³-hybridized carbons (Fsp3) is 0.385. The number of hydrogen-bond donors (Lipinski definition) is 1. The lowest BCUT2D eigenvalue weighted by Crippen LogP contribution is -2.58. The van der Waals surface area contributed by atoms with Gasteiger partial charge >= 0.3 is 6.18 Å². The van der Waals surface area contributed by atoms with E-state index in [-0.39, 0.29) is 17.8 Å². The first-order valence-corrected chi connectivity index (χ1v) is 11.6. The summed E-state index contributed by atoms with van der Waals surface area (Å²) in [4.78, 5) is 3.55. The maximum Gasteiger partial charge on any atom is 0.417 e. The van der Waals surface area contributed by atoms with E-state index in [2.05, 4.69) is 6.92 Å². The number of alkyl halides is 3. The summed E-state index contributed by atoms with van der Waals surface area (Å²) in [6.45, 7) is 6.04. The number of halogens is 3. The average molecular weight is 490 g/mol. The van der Waals surface area contributed by atoms with Crippen LogP contribution in [0.15, 0.2) is 48.5 Å². The zero-order valence-corrected chi connectivity index (χ0v) is 20.7. The summed E-state index contributed by atoms with van der Waals surface area (Å²) in [5, 5.41) is 18.4. The van der Waals surface area contributed by atoms with Crippen molar-refractivity contribution in [3.05, 3.63) is 65.2 Å². The van der Waals surface area contributed by atoms with Crippen molar-refractivity contribution in [3.8, 4) is 6.07 Å². The molecular formula is C26H30F3N3OS. The highest BCUT2D eigenvalue weighted by Gasteiger charge is 2.41. The van der Waals surface area contributed by atoms with Gasteiger partial charge in [0.1, 0.15) is 0 Å². The first-order chi connectivity index (χ1) is 16.1. The van der Waals surface area contributed by atoms with Gasteiger partial charge in [-0.25, -0.2) is 0 Å². The zero-order chi connectivity index (χ0) is 25.5. The van der Waals surface area contributed by atoms with Crippen molar-refractivity contribution in [2.24, 2.45) is 0 Å². The predicted octanol–water partition coefficient (Wildman–Crippen LogP) is 6.78. The Kier molecular flexibility index (Phi) is 9.25. The Morgan fingerprint density at radius 2 is 1.74 bits per heavy atom. The zero-order valence-electron chi connectivity index (χ0n) is 19.9. The van der Waals surface area contributed by atoms with Gasteiger partial charge in [0.15, 0.2) is 5.11 Å². The van der Waals surface area contributed by atoms with Crippen LogP contribution in [0.5, 0.6) is 0 Å². The number of aliphatic hydroxyl groups is 1. The van der Waals surface area contributed by atoms with Crippen LogP contribution < -0.4 is 9.80 Å². The van der Waals surface area contributed by atoms with Gasteiger partial charge in [0.25, 0.3) is 0 Å². The number of thiocarbonyl (C=S) groups is 1. The van der Waals surface area contributed by atoms with Crippen LogP contribution in [0.25, 0.3) is 6.08 Å². The van der Waals surface area contributed by atoms with Crippen molar-refractivity contribution in [2.75, 3.05) is 23.5 Å². The molecule has 0 unspecified atom stereocenters. The Bertz CT molecular complexity index is 1050. The maximum absolute atomic E-state index is 13.4. The van der Waals surface area contributed by atoms with Gasteiger partial charge in [-0.05, 0) is 74.3 Å². The minimum absolute atomic E-state index is 0.0503. The third kappa shape index (κ3) is 5.96. The quantitative estimate of drug-likeness (QED) is 0.469. The van der Waals surface area contributed by atoms with Crippen molar-refractivity contribution in [1.29, 1.82) is 5.26 Å². The minimum Gasteiger partial charge on any atom is -0.392 e. The Labute approximate surface area is 204 Å². The van der Waals surface area contributed by atoms with Gasteiger partial charge in [-0.2, -0.15) is 18.4 Å². The summed E-state index contributed by atoms with van der Waals surface area (Å²) >= 11 is 5.77. The molecule has 0 heterocycles. The normalized spacial score (nSPS) is 14.4. The molecule has 2 aromatic carbocycles. The minimum atomic E-state index is -4.64. The van der Waals surface area contributed by atoms with Crippen molar-refractivity contribution in [3.63, 3.8) is 0 Å². The molecule has 0 aromatic heterocycles. The van der Waals surface area contributed by atoms with E-state index in [1.165, 1.54) is 12.1 Å². The van der Waals surface area contributed by atoms with Gasteiger partial charge in [-0.3, -0.25) is 0 Å². The van der Waals surface area contributed by atoms with E-state index in [9.17, 15) is 13.2 Å². The maximum atomic E-state index is 13.4. The van der Waals surface area contributed by atoms with E-state index >= 15 is 0 Å². The average Bonchev–Trinajstić information content (AvgIpc) is 2.82. The van der Waals surface area contributed by atoms with E-state index in [0.717, 1.165) is 36.6 Å². The van der Waals surface area contributed by atoms with Gasteiger partial charge in [0.05, 0.1) is 23.8 Å². The van der Waals surface area contributed by atoms with Gasteiger partial charge in [-0.1, -0.05) is 38.1 Å². The molecule has 0 atom stereocenters. The Balaban J connectivity index is 0.00000199. The molecule has 1 N–H and O–H groups in total. The smallest absolute Gasteiger partial charge is 0.392 e. The number of hydrogen-bond acceptors (Lipinski definition) is 3. The van der Waals surface area contributed by atoms with Crippen LogP contribution in [-0.2, 0) is 6.18 Å². The van der Waals surface area contributed by atoms with E-state index in [1.54, 1.807) is 30.2 Å². The number of nitriles is 1. The SMILES string of the molecule is CC.CN(C(=S)N(c1ccc(/C=C/CO)cc1)C1(C)CCC1)c1ccc(C#N)c(C(F)(F)F)c1. The number of nitrogens with zero attached hydrogens (tertiary/aromatic N) is 3. The molecule has 4 nitrogen and oxygen atoms in total. The van der Waals surface area contributed by atoms with Crippen LogP contribution in [0.3, 0.4) is 0 Å². The second-order valence-electron chi connectivity index (χ2n) is 8.04. The summed E-state index contributed by atoms with van der Waals surface area (Å²) in [5.74, 6) is 0. The first kappa shape index (κ1) is 27.4. The molecule has 1 saturated carbocycles. The Morgan fingerprint density at radius 1 is 1.15 bits per heavy atom. The number of anilines is 2. The highest BCUT2D eigenvalue weighted by molar-refractivity contribution is 7.80. The van der Waals surface area contributed by atoms with Crippen molar-refractivity contribution < 1.29 is 18.3 Å². The van der Waals surface area contributed by atoms with Gasteiger partial charge in [0.2, 0.25) is 0 Å². The van der Waals surface area contributed by atoms with Gasteiger partial charge < -0.3 is 14.9 Å². The third-order valence-electron chi connectivity index (χ3n) is 5.83. The largest absolute Gasteiger partial charge is 0.417 e. The lowest BCUT2D eigenvalue weighted by atomic mass is 9.77. The van der Waals surface area contributed by atoms with E-state index in [1.807, 2.05) is 43.0 Å². The second kappa shape index (κ2) is 11.5. The molecule has 0 amide bonds. The number of rotatable bonds is 5. The summed E-state index contributed by atoms with van der Waals surface area (Å²) in [6, 6.07) is 12.9. The molecule has 0 radical (unpaired) electrons. The summed E-state index contributed by atoms with van der Waals surface area (Å²) in [7, 11) is 1.64. The van der Waals surface area contributed by atoms with Crippen LogP contribution in [0.4, 0.5) is 24.5 Å². The second-order valence-corrected chi connectivity index (χ2v) is 8.41. The van der Waals surface area contributed by atoms with Crippen molar-refractivity contribution in [2.45, 2.75) is 51.7 Å². The summed E-state index contributed by atoms with van der Waals surface area (Å²) in [5.41, 5.74) is 0.380. The van der Waals surface area contributed by atoms with E-state index in [4.69, 9.17) is 22.6 Å². The Morgan fingerprint density at radius 3 is 2.21 bits per heavy atom. The molecular weight excluding hydrogens is 459 g/mol. The molecule has 0 aliphatic heterocycles. The summed E-state index contributed by atoms with van der Waals surface area (Å²) in [6.07, 6.45) is 1.68. The lowest BCUT2D eigenvalue weighted by Gasteiger charge is -2.50.